The Morgan fingerprint density at radius 3 is 2.36 bits per heavy atom. The molecular formula is C8H21N3O2S. The van der Waals surface area contributed by atoms with Crippen molar-refractivity contribution in [2.24, 2.45) is 5.73 Å². The smallest absolute Gasteiger partial charge is 0.279 e. The molecule has 3 N–H and O–H groups in total. The van der Waals surface area contributed by atoms with Crippen molar-refractivity contribution in [2.45, 2.75) is 32.2 Å². The molecule has 0 unspecified atom stereocenters. The van der Waals surface area contributed by atoms with Crippen LogP contribution in [0.2, 0.25) is 0 Å². The summed E-state index contributed by atoms with van der Waals surface area (Å²) in [5.41, 5.74) is 5.48. The molecule has 86 valence electrons. The van der Waals surface area contributed by atoms with Gasteiger partial charge < -0.3 is 5.73 Å². The van der Waals surface area contributed by atoms with Crippen LogP contribution in [-0.2, 0) is 10.2 Å². The van der Waals surface area contributed by atoms with Crippen LogP contribution >= 0.6 is 0 Å². The van der Waals surface area contributed by atoms with Crippen molar-refractivity contribution in [1.82, 2.24) is 9.03 Å². The van der Waals surface area contributed by atoms with E-state index in [2.05, 4.69) is 11.6 Å². The van der Waals surface area contributed by atoms with E-state index in [1.165, 1.54) is 14.1 Å². The molecule has 5 nitrogen and oxygen atoms in total. The lowest BCUT2D eigenvalue weighted by atomic mass is 10.1. The van der Waals surface area contributed by atoms with E-state index in [-0.39, 0.29) is 6.04 Å². The van der Waals surface area contributed by atoms with Gasteiger partial charge in [-0.2, -0.15) is 17.4 Å². The summed E-state index contributed by atoms with van der Waals surface area (Å²) in [5, 5.41) is 0. The number of hydrogen-bond acceptors (Lipinski definition) is 3. The van der Waals surface area contributed by atoms with Crippen LogP contribution in [0.3, 0.4) is 0 Å². The largest absolute Gasteiger partial charge is 0.329 e. The highest BCUT2D eigenvalue weighted by Gasteiger charge is 2.17. The second-order valence-electron chi connectivity index (χ2n) is 3.48. The molecule has 14 heavy (non-hydrogen) atoms. The number of hydrogen-bond donors (Lipinski definition) is 2. The first-order valence-electron chi connectivity index (χ1n) is 4.83. The van der Waals surface area contributed by atoms with E-state index in [1.807, 2.05) is 0 Å². The monoisotopic (exact) mass is 223 g/mol. The fourth-order valence-electron chi connectivity index (χ4n) is 0.991. The molecule has 0 bridgehead atoms. The molecular weight excluding hydrogens is 202 g/mol. The van der Waals surface area contributed by atoms with Crippen molar-refractivity contribution >= 4 is 10.2 Å². The molecule has 0 aromatic heterocycles. The van der Waals surface area contributed by atoms with Gasteiger partial charge in [0, 0.05) is 26.7 Å². The predicted molar refractivity (Wildman–Crippen MR) is 58.1 cm³/mol. The zero-order valence-corrected chi connectivity index (χ0v) is 9.97. The minimum absolute atomic E-state index is 0.151. The predicted octanol–water partition coefficient (Wildman–Crippen LogP) is -0.100. The van der Waals surface area contributed by atoms with Gasteiger partial charge in [0.2, 0.25) is 0 Å². The highest BCUT2D eigenvalue weighted by atomic mass is 32.2. The molecule has 0 aliphatic rings. The summed E-state index contributed by atoms with van der Waals surface area (Å²) in [6.45, 7) is 2.40. The average Bonchev–Trinajstić information content (AvgIpc) is 2.11. The molecule has 0 amide bonds. The van der Waals surface area contributed by atoms with Crippen molar-refractivity contribution in [2.75, 3.05) is 20.6 Å². The van der Waals surface area contributed by atoms with Crippen LogP contribution in [0, 0.1) is 0 Å². The van der Waals surface area contributed by atoms with Crippen molar-refractivity contribution < 1.29 is 8.42 Å². The molecule has 0 saturated carbocycles. The van der Waals surface area contributed by atoms with Crippen LogP contribution in [-0.4, -0.2) is 39.4 Å². The lowest BCUT2D eigenvalue weighted by Crippen LogP contribution is -2.45. The minimum atomic E-state index is -3.34. The summed E-state index contributed by atoms with van der Waals surface area (Å²) in [6, 6.07) is -0.151. The van der Waals surface area contributed by atoms with Gasteiger partial charge in [0.1, 0.15) is 0 Å². The number of unbranched alkanes of at least 4 members (excludes halogenated alkanes) is 1. The number of rotatable bonds is 7. The molecule has 0 rings (SSSR count). The Morgan fingerprint density at radius 1 is 1.43 bits per heavy atom. The minimum Gasteiger partial charge on any atom is -0.329 e. The molecule has 0 aromatic rings. The Balaban J connectivity index is 4.17. The SMILES string of the molecule is CCCC[C@@H](CN)NS(=O)(=O)N(C)C. The second kappa shape index (κ2) is 6.34. The molecule has 0 saturated heterocycles. The van der Waals surface area contributed by atoms with Gasteiger partial charge in [0.05, 0.1) is 0 Å². The first-order valence-corrected chi connectivity index (χ1v) is 6.28. The van der Waals surface area contributed by atoms with Gasteiger partial charge in [-0.25, -0.2) is 0 Å². The van der Waals surface area contributed by atoms with Gasteiger partial charge in [-0.05, 0) is 6.42 Å². The summed E-state index contributed by atoms with van der Waals surface area (Å²) < 4.78 is 26.5. The molecule has 1 atom stereocenters. The lowest BCUT2D eigenvalue weighted by molar-refractivity contribution is 0.471. The molecule has 0 heterocycles. The van der Waals surface area contributed by atoms with Gasteiger partial charge in [-0.15, -0.1) is 0 Å². The quantitative estimate of drug-likeness (QED) is 0.633. The maximum Gasteiger partial charge on any atom is 0.279 e. The molecule has 0 aliphatic carbocycles. The Bertz CT molecular complexity index is 239. The third kappa shape index (κ3) is 4.90. The maximum atomic E-state index is 11.4. The standard InChI is InChI=1S/C8H21N3O2S/c1-4-5-6-8(7-9)10-14(12,13)11(2)3/h8,10H,4-7,9H2,1-3H3/t8-/m0/s1. The fourth-order valence-corrected chi connectivity index (χ4v) is 1.84. The Labute approximate surface area is 86.8 Å². The molecule has 0 fully saturated rings. The first-order chi connectivity index (χ1) is 6.44. The van der Waals surface area contributed by atoms with Crippen molar-refractivity contribution in [1.29, 1.82) is 0 Å². The van der Waals surface area contributed by atoms with Crippen molar-refractivity contribution in [3.8, 4) is 0 Å². The topological polar surface area (TPSA) is 75.4 Å². The highest BCUT2D eigenvalue weighted by Crippen LogP contribution is 2.01. The van der Waals surface area contributed by atoms with Crippen LogP contribution in [0.5, 0.6) is 0 Å². The third-order valence-corrected chi connectivity index (χ3v) is 3.58. The summed E-state index contributed by atoms with van der Waals surface area (Å²) in [4.78, 5) is 0. The van der Waals surface area contributed by atoms with Gasteiger partial charge in [0.25, 0.3) is 10.2 Å². The molecule has 0 radical (unpaired) electrons. The van der Waals surface area contributed by atoms with E-state index in [1.54, 1.807) is 0 Å². The van der Waals surface area contributed by atoms with Crippen LogP contribution in [0.4, 0.5) is 0 Å². The molecule has 6 heteroatoms. The van der Waals surface area contributed by atoms with Gasteiger partial charge >= 0.3 is 0 Å². The number of nitrogens with one attached hydrogen (secondary N) is 1. The average molecular weight is 223 g/mol. The van der Waals surface area contributed by atoms with Crippen LogP contribution in [0.25, 0.3) is 0 Å². The van der Waals surface area contributed by atoms with E-state index in [4.69, 9.17) is 5.73 Å². The van der Waals surface area contributed by atoms with Crippen molar-refractivity contribution in [3.05, 3.63) is 0 Å². The maximum absolute atomic E-state index is 11.4. The van der Waals surface area contributed by atoms with Gasteiger partial charge in [-0.3, -0.25) is 0 Å². The van der Waals surface area contributed by atoms with Crippen LogP contribution < -0.4 is 10.5 Å². The second-order valence-corrected chi connectivity index (χ2v) is 5.40. The van der Waals surface area contributed by atoms with E-state index in [9.17, 15) is 8.42 Å². The van der Waals surface area contributed by atoms with E-state index in [0.29, 0.717) is 6.54 Å². The number of nitrogens with zero attached hydrogens (tertiary/aromatic N) is 1. The fraction of sp³-hybridized carbons (Fsp3) is 1.00. The Hall–Kier alpha value is -0.170. The number of nitrogens with two attached hydrogens (primary N) is 1. The molecule has 0 aromatic carbocycles. The van der Waals surface area contributed by atoms with E-state index < -0.39 is 10.2 Å². The Kier molecular flexibility index (Phi) is 6.26. The summed E-state index contributed by atoms with van der Waals surface area (Å²) >= 11 is 0. The third-order valence-electron chi connectivity index (χ3n) is 1.99. The zero-order chi connectivity index (χ0) is 11.2. The van der Waals surface area contributed by atoms with E-state index in [0.717, 1.165) is 23.6 Å². The molecule has 0 spiro atoms. The van der Waals surface area contributed by atoms with E-state index >= 15 is 0 Å². The normalized spacial score (nSPS) is 14.6. The Morgan fingerprint density at radius 2 is 2.00 bits per heavy atom. The molecule has 0 aliphatic heterocycles. The van der Waals surface area contributed by atoms with Gasteiger partial charge in [-0.1, -0.05) is 19.8 Å². The van der Waals surface area contributed by atoms with Crippen LogP contribution in [0.15, 0.2) is 0 Å². The highest BCUT2D eigenvalue weighted by molar-refractivity contribution is 7.87. The summed E-state index contributed by atoms with van der Waals surface area (Å²) in [5.74, 6) is 0. The van der Waals surface area contributed by atoms with Crippen LogP contribution in [0.1, 0.15) is 26.2 Å². The van der Waals surface area contributed by atoms with Gasteiger partial charge in [0.15, 0.2) is 0 Å². The summed E-state index contributed by atoms with van der Waals surface area (Å²) in [6.07, 6.45) is 2.82. The van der Waals surface area contributed by atoms with Crippen molar-refractivity contribution in [3.63, 3.8) is 0 Å². The zero-order valence-electron chi connectivity index (χ0n) is 9.16. The summed E-state index contributed by atoms with van der Waals surface area (Å²) in [7, 11) is -0.345. The first kappa shape index (κ1) is 13.8. The lowest BCUT2D eigenvalue weighted by Gasteiger charge is -2.19.